The highest BCUT2D eigenvalue weighted by Gasteiger charge is 2.62. The molecule has 1 spiro atoms. The number of hydrogen-bond donors (Lipinski definition) is 2. The molecule has 1 aromatic carbocycles. The van der Waals surface area contributed by atoms with Crippen LogP contribution in [0, 0.1) is 22.7 Å². The van der Waals surface area contributed by atoms with E-state index in [9.17, 15) is 19.2 Å². The van der Waals surface area contributed by atoms with Crippen LogP contribution in [0.2, 0.25) is 0 Å². The number of ether oxygens (including phenoxy) is 1. The second kappa shape index (κ2) is 12.9. The largest absolute Gasteiger partial charge is 0.371 e. The van der Waals surface area contributed by atoms with E-state index in [1.54, 1.807) is 41.3 Å². The highest BCUT2D eigenvalue weighted by molar-refractivity contribution is 5.95. The Morgan fingerprint density at radius 1 is 0.979 bits per heavy atom. The maximum atomic E-state index is 14.1. The molecular weight excluding hydrogens is 598 g/mol. The first-order valence-electron chi connectivity index (χ1n) is 16.2. The predicted molar refractivity (Wildman–Crippen MR) is 173 cm³/mol. The van der Waals surface area contributed by atoms with Crippen LogP contribution >= 0.6 is 0 Å². The maximum Gasteiger partial charge on any atom is 0.257 e. The predicted octanol–water partition coefficient (Wildman–Crippen LogP) is 2.11. The van der Waals surface area contributed by atoms with E-state index in [1.807, 2.05) is 47.4 Å². The van der Waals surface area contributed by atoms with Crippen molar-refractivity contribution in [2.75, 3.05) is 33.2 Å². The molecule has 2 unspecified atom stereocenters. The molecule has 6 rings (SSSR count). The molecular formula is C35H43N7O5. The van der Waals surface area contributed by atoms with Crippen LogP contribution in [0.25, 0.3) is 0 Å². The third-order valence-corrected chi connectivity index (χ3v) is 10.0. The molecule has 2 N–H and O–H groups in total. The van der Waals surface area contributed by atoms with Gasteiger partial charge in [-0.2, -0.15) is 5.10 Å². The Labute approximate surface area is 274 Å². The Bertz CT molecular complexity index is 1620. The smallest absolute Gasteiger partial charge is 0.257 e. The zero-order valence-corrected chi connectivity index (χ0v) is 27.4. The van der Waals surface area contributed by atoms with Gasteiger partial charge in [0.15, 0.2) is 0 Å². The number of nitrogens with zero attached hydrogens (tertiary/aromatic N) is 5. The lowest BCUT2D eigenvalue weighted by Crippen LogP contribution is -2.65. The summed E-state index contributed by atoms with van der Waals surface area (Å²) < 4.78 is 7.73. The van der Waals surface area contributed by atoms with Gasteiger partial charge in [-0.1, -0.05) is 44.2 Å². The molecule has 47 heavy (non-hydrogen) atoms. The fourth-order valence-corrected chi connectivity index (χ4v) is 6.91. The number of carbonyl (C=O) groups is 4. The molecule has 3 aliphatic rings. The average Bonchev–Trinajstić information content (AvgIpc) is 3.37. The monoisotopic (exact) mass is 641 g/mol. The van der Waals surface area contributed by atoms with Crippen molar-refractivity contribution in [2.24, 2.45) is 22.7 Å². The van der Waals surface area contributed by atoms with Gasteiger partial charge in [0.1, 0.15) is 6.04 Å². The summed E-state index contributed by atoms with van der Waals surface area (Å²) in [5, 5.41) is 9.98. The molecule has 1 saturated carbocycles. The lowest BCUT2D eigenvalue weighted by Gasteiger charge is -2.50. The highest BCUT2D eigenvalue weighted by Crippen LogP contribution is 2.54. The normalized spacial score (nSPS) is 21.9. The minimum atomic E-state index is -0.950. The SMILES string of the molecule is CNC(=O)[C@@H](NC(=O)C1CN(C(=O)c2cnn(Cc3ccncc3)c2)CC12CN(C(=O)C1CC1(C)C)C2)[C@@H](C)OCc1ccccc1. The van der Waals surface area contributed by atoms with Crippen LogP contribution in [0.5, 0.6) is 0 Å². The Morgan fingerprint density at radius 3 is 2.32 bits per heavy atom. The molecule has 2 aliphatic heterocycles. The van der Waals surface area contributed by atoms with Crippen LogP contribution in [-0.2, 0) is 32.3 Å². The molecule has 2 saturated heterocycles. The van der Waals surface area contributed by atoms with Gasteiger partial charge in [-0.3, -0.25) is 28.8 Å². The van der Waals surface area contributed by atoms with Crippen LogP contribution in [-0.4, -0.2) is 93.6 Å². The number of carbonyl (C=O) groups excluding carboxylic acids is 4. The first-order valence-corrected chi connectivity index (χ1v) is 16.2. The van der Waals surface area contributed by atoms with Crippen LogP contribution in [0.4, 0.5) is 0 Å². The van der Waals surface area contributed by atoms with E-state index in [0.29, 0.717) is 31.7 Å². The average molecular weight is 642 g/mol. The number of rotatable bonds is 11. The maximum absolute atomic E-state index is 14.1. The number of likely N-dealkylation sites (N-methyl/N-ethyl adjacent to an activating group) is 1. The first-order chi connectivity index (χ1) is 22.5. The van der Waals surface area contributed by atoms with Gasteiger partial charge in [-0.15, -0.1) is 0 Å². The summed E-state index contributed by atoms with van der Waals surface area (Å²) in [4.78, 5) is 61.7. The highest BCUT2D eigenvalue weighted by atomic mass is 16.5. The lowest BCUT2D eigenvalue weighted by molar-refractivity contribution is -0.152. The van der Waals surface area contributed by atoms with E-state index in [0.717, 1.165) is 17.5 Å². The van der Waals surface area contributed by atoms with Gasteiger partial charge in [0.2, 0.25) is 17.7 Å². The number of benzene rings is 1. The number of amides is 4. The number of likely N-dealkylation sites (tertiary alicyclic amines) is 2. The topological polar surface area (TPSA) is 139 Å². The van der Waals surface area contributed by atoms with Crippen molar-refractivity contribution in [2.45, 2.75) is 52.5 Å². The lowest BCUT2D eigenvalue weighted by atomic mass is 9.70. The molecule has 12 nitrogen and oxygen atoms in total. The molecule has 0 radical (unpaired) electrons. The van der Waals surface area contributed by atoms with Gasteiger partial charge in [-0.05, 0) is 42.0 Å². The van der Waals surface area contributed by atoms with Crippen molar-refractivity contribution in [3.05, 3.63) is 83.9 Å². The summed E-state index contributed by atoms with van der Waals surface area (Å²) >= 11 is 0. The molecule has 4 amide bonds. The molecule has 3 fully saturated rings. The fraction of sp³-hybridized carbons (Fsp3) is 0.486. The summed E-state index contributed by atoms with van der Waals surface area (Å²) in [6, 6.07) is 12.4. The van der Waals surface area contributed by atoms with Crippen molar-refractivity contribution < 1.29 is 23.9 Å². The van der Waals surface area contributed by atoms with Crippen LogP contribution < -0.4 is 10.6 Å². The summed E-state index contributed by atoms with van der Waals surface area (Å²) in [7, 11) is 1.52. The third kappa shape index (κ3) is 6.78. The quantitative estimate of drug-likeness (QED) is 0.327. The van der Waals surface area contributed by atoms with E-state index >= 15 is 0 Å². The van der Waals surface area contributed by atoms with E-state index in [-0.39, 0.29) is 48.1 Å². The molecule has 0 bridgehead atoms. The van der Waals surface area contributed by atoms with Gasteiger partial charge >= 0.3 is 0 Å². The van der Waals surface area contributed by atoms with Crippen molar-refractivity contribution in [1.29, 1.82) is 0 Å². The zero-order valence-electron chi connectivity index (χ0n) is 27.4. The molecule has 4 heterocycles. The van der Waals surface area contributed by atoms with Crippen LogP contribution in [0.1, 0.15) is 48.7 Å². The van der Waals surface area contributed by atoms with Gasteiger partial charge in [0, 0.05) is 63.2 Å². The van der Waals surface area contributed by atoms with Crippen molar-refractivity contribution in [1.82, 2.24) is 35.2 Å². The Hall–Kier alpha value is -4.58. The second-order valence-electron chi connectivity index (χ2n) is 13.9. The van der Waals surface area contributed by atoms with E-state index in [4.69, 9.17) is 4.74 Å². The molecule has 12 heteroatoms. The molecule has 2 aromatic heterocycles. The van der Waals surface area contributed by atoms with E-state index in [2.05, 4.69) is 34.6 Å². The summed E-state index contributed by atoms with van der Waals surface area (Å²) in [6.45, 7) is 7.96. The third-order valence-electron chi connectivity index (χ3n) is 10.0. The molecule has 4 atom stereocenters. The Morgan fingerprint density at radius 2 is 1.66 bits per heavy atom. The van der Waals surface area contributed by atoms with Crippen molar-refractivity contribution in [3.63, 3.8) is 0 Å². The summed E-state index contributed by atoms with van der Waals surface area (Å²) in [5.74, 6) is -1.47. The summed E-state index contributed by atoms with van der Waals surface area (Å²) in [5.41, 5.74) is 1.75. The van der Waals surface area contributed by atoms with E-state index < -0.39 is 23.5 Å². The summed E-state index contributed by atoms with van der Waals surface area (Å²) in [6.07, 6.45) is 6.90. The van der Waals surface area contributed by atoms with Crippen LogP contribution in [0.3, 0.4) is 0 Å². The molecule has 3 aromatic rings. The minimum Gasteiger partial charge on any atom is -0.371 e. The first kappa shape index (κ1) is 32.4. The fourth-order valence-electron chi connectivity index (χ4n) is 6.91. The van der Waals surface area contributed by atoms with E-state index in [1.165, 1.54) is 7.05 Å². The van der Waals surface area contributed by atoms with Crippen LogP contribution in [0.15, 0.2) is 67.3 Å². The van der Waals surface area contributed by atoms with Gasteiger partial charge in [-0.25, -0.2) is 0 Å². The molecule has 1 aliphatic carbocycles. The number of pyridine rings is 1. The number of nitrogens with one attached hydrogen (secondary N) is 2. The Balaban J connectivity index is 1.18. The van der Waals surface area contributed by atoms with Crippen molar-refractivity contribution >= 4 is 23.6 Å². The number of hydrogen-bond acceptors (Lipinski definition) is 7. The van der Waals surface area contributed by atoms with Crippen molar-refractivity contribution in [3.8, 4) is 0 Å². The zero-order chi connectivity index (χ0) is 33.3. The standard InChI is InChI=1S/C35H43N7O5/c1-23(47-19-25-8-6-5-7-9-25)29(31(44)36-4)39-30(43)28-18-40(20-35(28)21-41(22-35)33(46)27-14-34(27,2)3)32(45)26-15-38-42(17-26)16-24-10-12-37-13-11-24/h5-13,15,17,23,27-29H,14,16,18-22H2,1-4H3,(H,36,44)(H,39,43)/t23-,27?,28?,29+/m1/s1. The number of aromatic nitrogens is 3. The van der Waals surface area contributed by atoms with Gasteiger partial charge in [0.25, 0.3) is 5.91 Å². The van der Waals surface area contributed by atoms with Gasteiger partial charge < -0.3 is 25.2 Å². The molecule has 248 valence electrons. The van der Waals surface area contributed by atoms with Gasteiger partial charge in [0.05, 0.1) is 36.9 Å². The minimum absolute atomic E-state index is 0.0126. The Kier molecular flexibility index (Phi) is 8.88. The second-order valence-corrected chi connectivity index (χ2v) is 13.9.